The van der Waals surface area contributed by atoms with Gasteiger partial charge in [-0.05, 0) is 50.7 Å². The number of hydrogen-bond acceptors (Lipinski definition) is 1. The summed E-state index contributed by atoms with van der Waals surface area (Å²) >= 11 is 3.30. The molecule has 1 nitrogen and oxygen atoms in total. The number of halogens is 2. The van der Waals surface area contributed by atoms with Crippen molar-refractivity contribution in [3.8, 4) is 0 Å². The van der Waals surface area contributed by atoms with E-state index in [9.17, 15) is 4.39 Å². The van der Waals surface area contributed by atoms with Crippen molar-refractivity contribution in [3.05, 3.63) is 34.1 Å². The van der Waals surface area contributed by atoms with Crippen LogP contribution in [0.25, 0.3) is 0 Å². The molecule has 1 aliphatic rings. The molecule has 1 unspecified atom stereocenters. The summed E-state index contributed by atoms with van der Waals surface area (Å²) in [5, 5.41) is 3.58. The van der Waals surface area contributed by atoms with Crippen LogP contribution in [0.5, 0.6) is 0 Å². The minimum Gasteiger partial charge on any atom is -0.307 e. The van der Waals surface area contributed by atoms with Gasteiger partial charge in [-0.1, -0.05) is 35.3 Å². The molecule has 1 N–H and O–H groups in total. The molecule has 1 fully saturated rings. The van der Waals surface area contributed by atoms with Crippen molar-refractivity contribution in [1.82, 2.24) is 5.32 Å². The zero-order valence-corrected chi connectivity index (χ0v) is 13.3. The first-order valence-electron chi connectivity index (χ1n) is 7.31. The lowest BCUT2D eigenvalue weighted by Gasteiger charge is -2.31. The Balaban J connectivity index is 1.92. The third-order valence-electron chi connectivity index (χ3n) is 4.34. The second-order valence-corrected chi connectivity index (χ2v) is 6.60. The van der Waals surface area contributed by atoms with Crippen LogP contribution in [0.15, 0.2) is 22.7 Å². The van der Waals surface area contributed by atoms with E-state index in [1.165, 1.54) is 32.1 Å². The highest BCUT2D eigenvalue weighted by Gasteiger charge is 2.22. The Bertz CT molecular complexity index is 413. The van der Waals surface area contributed by atoms with E-state index in [4.69, 9.17) is 0 Å². The molecular weight excluding hydrogens is 305 g/mol. The minimum absolute atomic E-state index is 0.0799. The fourth-order valence-electron chi connectivity index (χ4n) is 3.03. The van der Waals surface area contributed by atoms with E-state index >= 15 is 0 Å². The van der Waals surface area contributed by atoms with E-state index in [0.717, 1.165) is 16.0 Å². The lowest BCUT2D eigenvalue weighted by Crippen LogP contribution is -2.35. The first-order chi connectivity index (χ1) is 9.10. The highest BCUT2D eigenvalue weighted by Crippen LogP contribution is 2.28. The van der Waals surface area contributed by atoms with Gasteiger partial charge in [-0.2, -0.15) is 0 Å². The zero-order chi connectivity index (χ0) is 13.8. The molecule has 0 spiro atoms. The Morgan fingerprint density at radius 1 is 1.32 bits per heavy atom. The molecular formula is C16H23BrFN. The highest BCUT2D eigenvalue weighted by atomic mass is 79.9. The van der Waals surface area contributed by atoms with Crippen LogP contribution in [0.4, 0.5) is 4.39 Å². The molecule has 0 aliphatic heterocycles. The Morgan fingerprint density at radius 2 is 2.00 bits per heavy atom. The molecule has 19 heavy (non-hydrogen) atoms. The fraction of sp³-hybridized carbons (Fsp3) is 0.625. The van der Waals surface area contributed by atoms with Crippen molar-refractivity contribution in [1.29, 1.82) is 0 Å². The summed E-state index contributed by atoms with van der Waals surface area (Å²) in [5.74, 6) is 0.773. The first kappa shape index (κ1) is 15.0. The van der Waals surface area contributed by atoms with Crippen molar-refractivity contribution >= 4 is 15.9 Å². The second-order valence-electron chi connectivity index (χ2n) is 5.68. The number of rotatable bonds is 4. The van der Waals surface area contributed by atoms with E-state index in [1.807, 2.05) is 12.1 Å². The minimum atomic E-state index is -0.128. The van der Waals surface area contributed by atoms with Crippen LogP contribution in [0, 0.1) is 11.7 Å². The SMILES string of the molecule is CCC1CCC(NC(C)c2ccc(Br)cc2F)CC1. The number of benzene rings is 1. The maximum Gasteiger partial charge on any atom is 0.129 e. The molecule has 0 heterocycles. The van der Waals surface area contributed by atoms with Gasteiger partial charge in [0, 0.05) is 22.1 Å². The molecule has 1 aromatic carbocycles. The van der Waals surface area contributed by atoms with Gasteiger partial charge in [0.2, 0.25) is 0 Å². The monoisotopic (exact) mass is 327 g/mol. The van der Waals surface area contributed by atoms with Crippen molar-refractivity contribution in [2.75, 3.05) is 0 Å². The first-order valence-corrected chi connectivity index (χ1v) is 8.10. The Hall–Kier alpha value is -0.410. The van der Waals surface area contributed by atoms with Gasteiger partial charge in [0.05, 0.1) is 0 Å². The van der Waals surface area contributed by atoms with Crippen LogP contribution in [0.2, 0.25) is 0 Å². The standard InChI is InChI=1S/C16H23BrFN/c1-3-12-4-7-14(8-5-12)19-11(2)15-9-6-13(17)10-16(15)18/h6,9-12,14,19H,3-5,7-8H2,1-2H3. The average molecular weight is 328 g/mol. The topological polar surface area (TPSA) is 12.0 Å². The lowest BCUT2D eigenvalue weighted by atomic mass is 9.84. The van der Waals surface area contributed by atoms with E-state index in [2.05, 4.69) is 35.1 Å². The molecule has 0 saturated heterocycles. The third kappa shape index (κ3) is 4.03. The molecule has 0 amide bonds. The summed E-state index contributed by atoms with van der Waals surface area (Å²) in [6.07, 6.45) is 6.36. The maximum absolute atomic E-state index is 13.9. The maximum atomic E-state index is 13.9. The molecule has 1 aromatic rings. The molecule has 1 aliphatic carbocycles. The van der Waals surface area contributed by atoms with Gasteiger partial charge in [0.15, 0.2) is 0 Å². The van der Waals surface area contributed by atoms with Crippen LogP contribution < -0.4 is 5.32 Å². The van der Waals surface area contributed by atoms with Crippen LogP contribution in [-0.2, 0) is 0 Å². The van der Waals surface area contributed by atoms with Crippen molar-refractivity contribution < 1.29 is 4.39 Å². The number of nitrogens with one attached hydrogen (secondary N) is 1. The van der Waals surface area contributed by atoms with Crippen molar-refractivity contribution in [3.63, 3.8) is 0 Å². The van der Waals surface area contributed by atoms with Crippen molar-refractivity contribution in [2.45, 2.75) is 58.0 Å². The van der Waals surface area contributed by atoms with Crippen LogP contribution in [-0.4, -0.2) is 6.04 Å². The summed E-state index contributed by atoms with van der Waals surface area (Å²) in [6.45, 7) is 4.33. The van der Waals surface area contributed by atoms with Gasteiger partial charge in [-0.3, -0.25) is 0 Å². The van der Waals surface area contributed by atoms with Crippen molar-refractivity contribution in [2.24, 2.45) is 5.92 Å². The quantitative estimate of drug-likeness (QED) is 0.800. The normalized spacial score (nSPS) is 25.3. The average Bonchev–Trinajstić information content (AvgIpc) is 2.39. The second kappa shape index (κ2) is 6.85. The van der Waals surface area contributed by atoms with E-state index in [-0.39, 0.29) is 11.9 Å². The Morgan fingerprint density at radius 3 is 2.58 bits per heavy atom. The summed E-state index contributed by atoms with van der Waals surface area (Å²) in [5.41, 5.74) is 0.765. The van der Waals surface area contributed by atoms with E-state index < -0.39 is 0 Å². The molecule has 0 radical (unpaired) electrons. The van der Waals surface area contributed by atoms with Gasteiger partial charge in [-0.15, -0.1) is 0 Å². The molecule has 106 valence electrons. The highest BCUT2D eigenvalue weighted by molar-refractivity contribution is 9.10. The predicted molar refractivity (Wildman–Crippen MR) is 81.7 cm³/mol. The summed E-state index contributed by atoms with van der Waals surface area (Å²) < 4.78 is 14.7. The smallest absolute Gasteiger partial charge is 0.129 e. The van der Waals surface area contributed by atoms with Gasteiger partial charge >= 0.3 is 0 Å². The molecule has 1 atom stereocenters. The van der Waals surface area contributed by atoms with E-state index in [1.54, 1.807) is 6.07 Å². The molecule has 0 bridgehead atoms. The largest absolute Gasteiger partial charge is 0.307 e. The van der Waals surface area contributed by atoms with Crippen LogP contribution in [0.1, 0.15) is 57.6 Å². The van der Waals surface area contributed by atoms with Gasteiger partial charge in [0.25, 0.3) is 0 Å². The van der Waals surface area contributed by atoms with Gasteiger partial charge < -0.3 is 5.32 Å². The summed E-state index contributed by atoms with van der Waals surface area (Å²) in [4.78, 5) is 0. The zero-order valence-electron chi connectivity index (χ0n) is 11.8. The lowest BCUT2D eigenvalue weighted by molar-refractivity contribution is 0.272. The summed E-state index contributed by atoms with van der Waals surface area (Å²) in [7, 11) is 0. The fourth-order valence-corrected chi connectivity index (χ4v) is 3.37. The third-order valence-corrected chi connectivity index (χ3v) is 4.83. The summed E-state index contributed by atoms with van der Waals surface area (Å²) in [6, 6.07) is 5.94. The van der Waals surface area contributed by atoms with Crippen LogP contribution >= 0.6 is 15.9 Å². The van der Waals surface area contributed by atoms with Gasteiger partial charge in [0.1, 0.15) is 5.82 Å². The molecule has 2 rings (SSSR count). The Labute approximate surface area is 124 Å². The van der Waals surface area contributed by atoms with Gasteiger partial charge in [-0.25, -0.2) is 4.39 Å². The molecule has 1 saturated carbocycles. The van der Waals surface area contributed by atoms with Crippen LogP contribution in [0.3, 0.4) is 0 Å². The molecule has 3 heteroatoms. The Kier molecular flexibility index (Phi) is 5.40. The predicted octanol–water partition coefficient (Wildman–Crippen LogP) is 5.21. The number of hydrogen-bond donors (Lipinski definition) is 1. The van der Waals surface area contributed by atoms with E-state index in [0.29, 0.717) is 6.04 Å². The molecule has 0 aromatic heterocycles.